The number of ether oxygens (including phenoxy) is 5. The Balaban J connectivity index is 1.28. The van der Waals surface area contributed by atoms with E-state index in [2.05, 4.69) is 36.4 Å². The van der Waals surface area contributed by atoms with Gasteiger partial charge in [-0.3, -0.25) is 0 Å². The minimum Gasteiger partial charge on any atom is -0.374 e. The SMILES string of the molecule is c1ccc(COC[C@H]2O[C@@H]3O[C@@H]3C[C@@H](OCc3ccccc3)[C@@H]2OCc2ccccc2)cc1. The van der Waals surface area contributed by atoms with Gasteiger partial charge in [-0.15, -0.1) is 0 Å². The molecule has 5 rings (SSSR count). The van der Waals surface area contributed by atoms with Crippen molar-refractivity contribution in [2.24, 2.45) is 0 Å². The zero-order valence-electron chi connectivity index (χ0n) is 18.6. The summed E-state index contributed by atoms with van der Waals surface area (Å²) in [4.78, 5) is 0. The predicted molar refractivity (Wildman–Crippen MR) is 124 cm³/mol. The van der Waals surface area contributed by atoms with Gasteiger partial charge in [0.15, 0.2) is 6.29 Å². The van der Waals surface area contributed by atoms with E-state index in [9.17, 15) is 0 Å². The standard InChI is InChI=1S/C28H30O5/c1-4-10-21(11-5-1)17-29-20-26-27(31-19-23-14-8-3-9-15-23)24(16-25-28(32-25)33-26)30-18-22-12-6-2-7-13-22/h1-15,24-28H,16-20H2/t24-,25-,26-,27+,28+/m1/s1. The van der Waals surface area contributed by atoms with E-state index in [1.54, 1.807) is 0 Å². The molecule has 0 amide bonds. The van der Waals surface area contributed by atoms with Crippen LogP contribution in [-0.4, -0.2) is 37.3 Å². The summed E-state index contributed by atoms with van der Waals surface area (Å²) in [7, 11) is 0. The van der Waals surface area contributed by atoms with Crippen LogP contribution in [0.2, 0.25) is 0 Å². The summed E-state index contributed by atoms with van der Waals surface area (Å²) in [5.74, 6) is 0. The van der Waals surface area contributed by atoms with E-state index in [0.717, 1.165) is 23.1 Å². The van der Waals surface area contributed by atoms with Crippen LogP contribution in [0, 0.1) is 0 Å². The maximum Gasteiger partial charge on any atom is 0.185 e. The van der Waals surface area contributed by atoms with Crippen LogP contribution >= 0.6 is 0 Å². The Hall–Kier alpha value is -2.54. The molecule has 0 N–H and O–H groups in total. The molecule has 0 unspecified atom stereocenters. The molecule has 5 heteroatoms. The normalized spacial score (nSPS) is 26.4. The third kappa shape index (κ3) is 6.28. The Labute approximate surface area is 195 Å². The number of hydrogen-bond acceptors (Lipinski definition) is 5. The quantitative estimate of drug-likeness (QED) is 0.415. The number of epoxide rings is 1. The Morgan fingerprint density at radius 3 is 1.79 bits per heavy atom. The summed E-state index contributed by atoms with van der Waals surface area (Å²) in [5.41, 5.74) is 3.38. The first-order valence-electron chi connectivity index (χ1n) is 11.6. The third-order valence-electron chi connectivity index (χ3n) is 6.03. The zero-order chi connectivity index (χ0) is 22.3. The van der Waals surface area contributed by atoms with E-state index in [4.69, 9.17) is 23.7 Å². The van der Waals surface area contributed by atoms with Crippen molar-refractivity contribution in [2.75, 3.05) is 6.61 Å². The molecule has 0 radical (unpaired) electrons. The second-order valence-electron chi connectivity index (χ2n) is 8.55. The van der Waals surface area contributed by atoms with Gasteiger partial charge in [0.2, 0.25) is 0 Å². The Kier molecular flexibility index (Phi) is 7.46. The van der Waals surface area contributed by atoms with Crippen molar-refractivity contribution in [3.05, 3.63) is 108 Å². The van der Waals surface area contributed by atoms with Crippen LogP contribution in [0.15, 0.2) is 91.0 Å². The summed E-state index contributed by atoms with van der Waals surface area (Å²) in [5, 5.41) is 0. The maximum absolute atomic E-state index is 6.45. The van der Waals surface area contributed by atoms with Gasteiger partial charge in [0, 0.05) is 6.42 Å². The Morgan fingerprint density at radius 2 is 1.18 bits per heavy atom. The van der Waals surface area contributed by atoms with Gasteiger partial charge in [-0.05, 0) is 16.7 Å². The summed E-state index contributed by atoms with van der Waals surface area (Å²) in [6, 6.07) is 30.6. The number of hydrogen-bond donors (Lipinski definition) is 0. The van der Waals surface area contributed by atoms with Gasteiger partial charge in [0.05, 0.1) is 32.5 Å². The fourth-order valence-electron chi connectivity index (χ4n) is 4.19. The summed E-state index contributed by atoms with van der Waals surface area (Å²) in [6.07, 6.45) is -0.115. The van der Waals surface area contributed by atoms with E-state index >= 15 is 0 Å². The molecular formula is C28H30O5. The maximum atomic E-state index is 6.45. The first-order valence-corrected chi connectivity index (χ1v) is 11.6. The van der Waals surface area contributed by atoms with Crippen molar-refractivity contribution in [3.63, 3.8) is 0 Å². The largest absolute Gasteiger partial charge is 0.374 e. The highest BCUT2D eigenvalue weighted by Crippen LogP contribution is 2.37. The van der Waals surface area contributed by atoms with Gasteiger partial charge in [-0.25, -0.2) is 0 Å². The van der Waals surface area contributed by atoms with Crippen LogP contribution in [0.4, 0.5) is 0 Å². The topological polar surface area (TPSA) is 49.5 Å². The van der Waals surface area contributed by atoms with Gasteiger partial charge in [0.1, 0.15) is 18.3 Å². The van der Waals surface area contributed by atoms with Gasteiger partial charge in [-0.2, -0.15) is 0 Å². The van der Waals surface area contributed by atoms with E-state index in [0.29, 0.717) is 26.4 Å². The predicted octanol–water partition coefficient (Wildman–Crippen LogP) is 4.89. The van der Waals surface area contributed by atoms with Crippen molar-refractivity contribution >= 4 is 0 Å². The van der Waals surface area contributed by atoms with Crippen molar-refractivity contribution in [3.8, 4) is 0 Å². The minimum atomic E-state index is -0.282. The van der Waals surface area contributed by atoms with Crippen LogP contribution in [0.25, 0.3) is 0 Å². The van der Waals surface area contributed by atoms with Crippen LogP contribution in [0.1, 0.15) is 23.1 Å². The van der Waals surface area contributed by atoms with E-state index < -0.39 is 0 Å². The number of benzene rings is 3. The molecule has 0 bridgehead atoms. The van der Waals surface area contributed by atoms with E-state index in [-0.39, 0.29) is 30.7 Å². The lowest BCUT2D eigenvalue weighted by atomic mass is 10.0. The van der Waals surface area contributed by atoms with Gasteiger partial charge < -0.3 is 23.7 Å². The Morgan fingerprint density at radius 1 is 0.636 bits per heavy atom. The molecule has 2 aliphatic rings. The smallest absolute Gasteiger partial charge is 0.185 e. The highest BCUT2D eigenvalue weighted by molar-refractivity contribution is 5.15. The van der Waals surface area contributed by atoms with Crippen LogP contribution in [-0.2, 0) is 43.5 Å². The van der Waals surface area contributed by atoms with Crippen molar-refractivity contribution in [1.82, 2.24) is 0 Å². The Bertz CT molecular complexity index is 965. The molecule has 2 saturated heterocycles. The van der Waals surface area contributed by atoms with Gasteiger partial charge >= 0.3 is 0 Å². The first-order chi connectivity index (χ1) is 16.3. The molecule has 0 saturated carbocycles. The van der Waals surface area contributed by atoms with E-state index in [1.165, 1.54) is 0 Å². The number of fused-ring (bicyclic) bond motifs is 1. The van der Waals surface area contributed by atoms with Crippen molar-refractivity contribution in [1.29, 1.82) is 0 Å². The molecule has 0 aromatic heterocycles. The first kappa shape index (κ1) is 22.3. The summed E-state index contributed by atoms with van der Waals surface area (Å²) >= 11 is 0. The van der Waals surface area contributed by atoms with Gasteiger partial charge in [-0.1, -0.05) is 91.0 Å². The fraction of sp³-hybridized carbons (Fsp3) is 0.357. The molecule has 3 aromatic rings. The highest BCUT2D eigenvalue weighted by atomic mass is 16.8. The molecule has 5 atom stereocenters. The summed E-state index contributed by atoms with van der Waals surface area (Å²) in [6.45, 7) is 1.94. The molecule has 33 heavy (non-hydrogen) atoms. The average molecular weight is 447 g/mol. The zero-order valence-corrected chi connectivity index (χ0v) is 18.6. The van der Waals surface area contributed by atoms with Crippen LogP contribution in [0.3, 0.4) is 0 Å². The highest BCUT2D eigenvalue weighted by Gasteiger charge is 2.51. The van der Waals surface area contributed by atoms with E-state index in [1.807, 2.05) is 54.6 Å². The molecule has 0 spiro atoms. The molecule has 3 aromatic carbocycles. The lowest BCUT2D eigenvalue weighted by molar-refractivity contribution is -0.174. The molecule has 172 valence electrons. The molecule has 2 aliphatic heterocycles. The second kappa shape index (κ2) is 11.1. The minimum absolute atomic E-state index is 0.0488. The third-order valence-corrected chi connectivity index (χ3v) is 6.03. The van der Waals surface area contributed by atoms with Crippen molar-refractivity contribution in [2.45, 2.75) is 56.9 Å². The van der Waals surface area contributed by atoms with Crippen molar-refractivity contribution < 1.29 is 23.7 Å². The molecule has 2 fully saturated rings. The lowest BCUT2D eigenvalue weighted by Crippen LogP contribution is -2.44. The summed E-state index contributed by atoms with van der Waals surface area (Å²) < 4.78 is 30.9. The molecular weight excluding hydrogens is 416 g/mol. The lowest BCUT2D eigenvalue weighted by Gasteiger charge is -2.32. The fourth-order valence-corrected chi connectivity index (χ4v) is 4.19. The molecule has 2 heterocycles. The average Bonchev–Trinajstić information content (AvgIpc) is 3.62. The number of rotatable bonds is 10. The molecule has 5 nitrogen and oxygen atoms in total. The molecule has 0 aliphatic carbocycles. The second-order valence-corrected chi connectivity index (χ2v) is 8.55. The van der Waals surface area contributed by atoms with Crippen LogP contribution < -0.4 is 0 Å². The monoisotopic (exact) mass is 446 g/mol. The van der Waals surface area contributed by atoms with Gasteiger partial charge in [0.25, 0.3) is 0 Å². The van der Waals surface area contributed by atoms with Crippen LogP contribution in [0.5, 0.6) is 0 Å².